The number of primary amides is 1. The number of ether oxygens (including phenoxy) is 1. The van der Waals surface area contributed by atoms with Gasteiger partial charge in [0.05, 0.1) is 12.5 Å². The van der Waals surface area contributed by atoms with Crippen molar-refractivity contribution in [2.45, 2.75) is 38.8 Å². The fourth-order valence-corrected chi connectivity index (χ4v) is 3.83. The Balaban J connectivity index is 1.66. The number of carbonyl (C=O) groups excluding carboxylic acids is 4. The summed E-state index contributed by atoms with van der Waals surface area (Å²) in [6.45, 7) is 3.57. The molecule has 3 rings (SSSR count). The highest BCUT2D eigenvalue weighted by molar-refractivity contribution is 6.30. The van der Waals surface area contributed by atoms with E-state index < -0.39 is 24.1 Å². The van der Waals surface area contributed by atoms with E-state index in [2.05, 4.69) is 5.32 Å². The van der Waals surface area contributed by atoms with Gasteiger partial charge in [0, 0.05) is 29.7 Å². The van der Waals surface area contributed by atoms with Crippen molar-refractivity contribution >= 4 is 41.0 Å². The Morgan fingerprint density at radius 2 is 1.84 bits per heavy atom. The molecule has 0 unspecified atom stereocenters. The number of hydrogen-bond acceptors (Lipinski definition) is 5. The summed E-state index contributed by atoms with van der Waals surface area (Å²) >= 11 is 5.89. The van der Waals surface area contributed by atoms with Crippen molar-refractivity contribution in [3.63, 3.8) is 0 Å². The van der Waals surface area contributed by atoms with Crippen molar-refractivity contribution in [1.82, 2.24) is 5.32 Å². The van der Waals surface area contributed by atoms with E-state index in [1.807, 2.05) is 0 Å². The second-order valence-electron chi connectivity index (χ2n) is 7.58. The number of carbonyl (C=O) groups is 4. The SMILES string of the molecule is CC(=O)N1CCc2cc(C(=O)[C@H](C)OC(=O)C[C@@H](NC(N)=O)c3ccc(Cl)cc3)ccc21. The molecule has 0 radical (unpaired) electrons. The molecule has 0 spiro atoms. The maximum Gasteiger partial charge on any atom is 0.312 e. The van der Waals surface area contributed by atoms with Crippen molar-refractivity contribution < 1.29 is 23.9 Å². The Morgan fingerprint density at radius 3 is 2.47 bits per heavy atom. The summed E-state index contributed by atoms with van der Waals surface area (Å²) < 4.78 is 5.33. The summed E-state index contributed by atoms with van der Waals surface area (Å²) in [6, 6.07) is 10.2. The molecule has 0 saturated heterocycles. The third-order valence-corrected chi connectivity index (χ3v) is 5.53. The first-order valence-corrected chi connectivity index (χ1v) is 10.5. The van der Waals surface area contributed by atoms with Crippen LogP contribution in [0.2, 0.25) is 5.02 Å². The van der Waals surface area contributed by atoms with Crippen LogP contribution in [-0.2, 0) is 20.7 Å². The van der Waals surface area contributed by atoms with Gasteiger partial charge in [0.2, 0.25) is 11.7 Å². The number of hydrogen-bond donors (Lipinski definition) is 2. The lowest BCUT2D eigenvalue weighted by atomic mass is 10.0. The molecule has 3 amide bonds. The maximum absolute atomic E-state index is 12.8. The predicted octanol–water partition coefficient (Wildman–Crippen LogP) is 3.16. The first-order valence-electron chi connectivity index (χ1n) is 10.1. The molecular formula is C23H24ClN3O5. The standard InChI is InChI=1S/C23H24ClN3O5/c1-13(22(30)17-5-8-20-16(11-17)9-10-27(20)14(2)28)32-21(29)12-19(26-23(25)31)15-3-6-18(24)7-4-15/h3-8,11,13,19H,9-10,12H2,1-2H3,(H3,25,26,31)/t13-,19+/m0/s1. The molecule has 0 fully saturated rings. The molecule has 32 heavy (non-hydrogen) atoms. The molecule has 2 atom stereocenters. The van der Waals surface area contributed by atoms with Crippen molar-refractivity contribution in [1.29, 1.82) is 0 Å². The number of fused-ring (bicyclic) bond motifs is 1. The highest BCUT2D eigenvalue weighted by Crippen LogP contribution is 2.29. The van der Waals surface area contributed by atoms with E-state index in [1.54, 1.807) is 47.4 Å². The second kappa shape index (κ2) is 9.82. The van der Waals surface area contributed by atoms with E-state index in [0.717, 1.165) is 11.3 Å². The van der Waals surface area contributed by atoms with Crippen LogP contribution in [0, 0.1) is 0 Å². The van der Waals surface area contributed by atoms with Crippen molar-refractivity contribution in [2.75, 3.05) is 11.4 Å². The van der Waals surface area contributed by atoms with Gasteiger partial charge < -0.3 is 20.7 Å². The van der Waals surface area contributed by atoms with Crippen LogP contribution in [0.25, 0.3) is 0 Å². The van der Waals surface area contributed by atoms with E-state index in [9.17, 15) is 19.2 Å². The molecule has 0 aromatic heterocycles. The van der Waals surface area contributed by atoms with Crippen LogP contribution in [0.15, 0.2) is 42.5 Å². The second-order valence-corrected chi connectivity index (χ2v) is 8.01. The normalized spacial score (nSPS) is 14.3. The number of benzene rings is 2. The number of rotatable bonds is 7. The Morgan fingerprint density at radius 1 is 1.16 bits per heavy atom. The van der Waals surface area contributed by atoms with Crippen molar-refractivity contribution in [3.8, 4) is 0 Å². The van der Waals surface area contributed by atoms with E-state index >= 15 is 0 Å². The number of Topliss-reactive ketones (excluding diaryl/α,β-unsaturated/α-hetero) is 1. The largest absolute Gasteiger partial charge is 0.454 e. The number of halogens is 1. The van der Waals surface area contributed by atoms with E-state index in [0.29, 0.717) is 29.1 Å². The van der Waals surface area contributed by atoms with Gasteiger partial charge in [-0.05, 0) is 54.8 Å². The van der Waals surface area contributed by atoms with Crippen molar-refractivity contribution in [2.24, 2.45) is 5.73 Å². The minimum atomic E-state index is -1.02. The topological polar surface area (TPSA) is 119 Å². The lowest BCUT2D eigenvalue weighted by Crippen LogP contribution is -2.35. The molecule has 8 nitrogen and oxygen atoms in total. The minimum absolute atomic E-state index is 0.0510. The van der Waals surface area contributed by atoms with Gasteiger partial charge in [0.1, 0.15) is 0 Å². The fraction of sp³-hybridized carbons (Fsp3) is 0.304. The molecule has 9 heteroatoms. The van der Waals surface area contributed by atoms with Gasteiger partial charge in [0.25, 0.3) is 0 Å². The van der Waals surface area contributed by atoms with Gasteiger partial charge in [-0.25, -0.2) is 4.79 Å². The first-order chi connectivity index (χ1) is 15.2. The third-order valence-electron chi connectivity index (χ3n) is 5.28. The highest BCUT2D eigenvalue weighted by atomic mass is 35.5. The predicted molar refractivity (Wildman–Crippen MR) is 120 cm³/mol. The molecule has 3 N–H and O–H groups in total. The van der Waals surface area contributed by atoms with Gasteiger partial charge in [0.15, 0.2) is 6.10 Å². The van der Waals surface area contributed by atoms with Gasteiger partial charge in [-0.1, -0.05) is 23.7 Å². The average Bonchev–Trinajstić information content (AvgIpc) is 3.16. The summed E-state index contributed by atoms with van der Waals surface area (Å²) in [7, 11) is 0. The lowest BCUT2D eigenvalue weighted by Gasteiger charge is -2.19. The molecule has 168 valence electrons. The fourth-order valence-electron chi connectivity index (χ4n) is 3.70. The smallest absolute Gasteiger partial charge is 0.312 e. The average molecular weight is 458 g/mol. The first kappa shape index (κ1) is 23.3. The quantitative estimate of drug-likeness (QED) is 0.489. The van der Waals surface area contributed by atoms with E-state index in [4.69, 9.17) is 22.1 Å². The number of esters is 1. The maximum atomic E-state index is 12.8. The number of urea groups is 1. The number of nitrogens with one attached hydrogen (secondary N) is 1. The number of nitrogens with two attached hydrogens (primary N) is 1. The van der Waals surface area contributed by atoms with Gasteiger partial charge in [-0.3, -0.25) is 14.4 Å². The summed E-state index contributed by atoms with van der Waals surface area (Å²) in [4.78, 5) is 50.0. The van der Waals surface area contributed by atoms with Crippen LogP contribution in [0.4, 0.5) is 10.5 Å². The molecule has 0 aliphatic carbocycles. The van der Waals surface area contributed by atoms with Crippen LogP contribution < -0.4 is 16.0 Å². The van der Waals surface area contributed by atoms with Crippen LogP contribution in [-0.4, -0.2) is 36.3 Å². The number of amides is 3. The molecule has 1 heterocycles. The van der Waals surface area contributed by atoms with Crippen LogP contribution in [0.1, 0.15) is 47.8 Å². The van der Waals surface area contributed by atoms with Gasteiger partial charge in [-0.2, -0.15) is 0 Å². The minimum Gasteiger partial charge on any atom is -0.454 e. The zero-order valence-electron chi connectivity index (χ0n) is 17.8. The van der Waals surface area contributed by atoms with Crippen LogP contribution in [0.5, 0.6) is 0 Å². The molecule has 0 saturated carbocycles. The zero-order chi connectivity index (χ0) is 23.4. The van der Waals surface area contributed by atoms with Crippen LogP contribution >= 0.6 is 11.6 Å². The molecular weight excluding hydrogens is 434 g/mol. The summed E-state index contributed by atoms with van der Waals surface area (Å²) in [5, 5.41) is 3.01. The van der Waals surface area contributed by atoms with Crippen molar-refractivity contribution in [3.05, 3.63) is 64.2 Å². The van der Waals surface area contributed by atoms with Gasteiger partial charge >= 0.3 is 12.0 Å². The zero-order valence-corrected chi connectivity index (χ0v) is 18.5. The summed E-state index contributed by atoms with van der Waals surface area (Å²) in [6.07, 6.45) is -0.573. The Kier molecular flexibility index (Phi) is 7.15. The Labute approximate surface area is 190 Å². The van der Waals surface area contributed by atoms with E-state index in [-0.39, 0.29) is 18.1 Å². The number of ketones is 1. The third kappa shape index (κ3) is 5.45. The molecule has 0 bridgehead atoms. The highest BCUT2D eigenvalue weighted by Gasteiger charge is 2.26. The lowest BCUT2D eigenvalue weighted by molar-refractivity contribution is -0.146. The molecule has 2 aromatic carbocycles. The summed E-state index contributed by atoms with van der Waals surface area (Å²) in [5.41, 5.74) is 7.95. The monoisotopic (exact) mass is 457 g/mol. The number of nitrogens with zero attached hydrogens (tertiary/aromatic N) is 1. The molecule has 1 aliphatic heterocycles. The Bertz CT molecular complexity index is 1050. The summed E-state index contributed by atoms with van der Waals surface area (Å²) in [5.74, 6) is -1.07. The Hall–Kier alpha value is -3.39. The van der Waals surface area contributed by atoms with Gasteiger partial charge in [-0.15, -0.1) is 0 Å². The van der Waals surface area contributed by atoms with Crippen LogP contribution in [0.3, 0.4) is 0 Å². The molecule has 2 aromatic rings. The van der Waals surface area contributed by atoms with E-state index in [1.165, 1.54) is 13.8 Å². The number of anilines is 1. The molecule has 1 aliphatic rings.